The average molecular weight is 353 g/mol. The number of hydrogen-bond acceptors (Lipinski definition) is 3. The molecule has 1 heterocycles. The van der Waals surface area contributed by atoms with Crippen LogP contribution in [0.15, 0.2) is 59.4 Å². The van der Waals surface area contributed by atoms with Crippen LogP contribution in [0.1, 0.15) is 5.56 Å². The van der Waals surface area contributed by atoms with E-state index in [0.29, 0.717) is 32.7 Å². The molecule has 0 saturated carbocycles. The van der Waals surface area contributed by atoms with Crippen molar-refractivity contribution in [2.24, 2.45) is 5.73 Å². The van der Waals surface area contributed by atoms with Crippen LogP contribution in [0.5, 0.6) is 0 Å². The molecule has 0 atom stereocenters. The maximum Gasteiger partial charge on any atom is 0.326 e. The fourth-order valence-corrected chi connectivity index (χ4v) is 2.93. The monoisotopic (exact) mass is 353 g/mol. The van der Waals surface area contributed by atoms with Gasteiger partial charge >= 0.3 is 11.7 Å². The second-order valence-corrected chi connectivity index (χ2v) is 6.03. The van der Waals surface area contributed by atoms with Gasteiger partial charge in [-0.15, -0.1) is 0 Å². The van der Waals surface area contributed by atoms with Crippen LogP contribution in [0.3, 0.4) is 0 Å². The van der Waals surface area contributed by atoms with Gasteiger partial charge in [-0.2, -0.15) is 0 Å². The van der Waals surface area contributed by atoms with Crippen LogP contribution in [0.2, 0.25) is 0 Å². The molecule has 0 fully saturated rings. The number of nitrogens with two attached hydrogens (primary N) is 1. The van der Waals surface area contributed by atoms with E-state index >= 15 is 0 Å². The highest BCUT2D eigenvalue weighted by atomic mass is 16.2. The van der Waals surface area contributed by atoms with Crippen LogP contribution >= 0.6 is 0 Å². The molecule has 0 spiro atoms. The normalized spacial score (nSPS) is 10.8. The number of amides is 2. The molecule has 7 nitrogen and oxygen atoms in total. The zero-order valence-corrected chi connectivity index (χ0v) is 14.5. The van der Waals surface area contributed by atoms with Gasteiger partial charge in [0.2, 0.25) is 0 Å². The number of aromatic nitrogens is 2. The molecule has 2 aromatic carbocycles. The van der Waals surface area contributed by atoms with Crippen molar-refractivity contribution in [3.63, 3.8) is 0 Å². The lowest BCUT2D eigenvalue weighted by atomic mass is 10.2. The number of carbonyl (C=O) groups excluding carboxylic acids is 1. The van der Waals surface area contributed by atoms with Crippen LogP contribution in [0.25, 0.3) is 11.0 Å². The Morgan fingerprint density at radius 1 is 1.12 bits per heavy atom. The van der Waals surface area contributed by atoms with Crippen molar-refractivity contribution in [2.75, 3.05) is 19.6 Å². The first-order chi connectivity index (χ1) is 12.7. The lowest BCUT2D eigenvalue weighted by Gasteiger charge is -2.22. The van der Waals surface area contributed by atoms with Gasteiger partial charge in [-0.1, -0.05) is 42.5 Å². The Balaban J connectivity index is 1.61. The number of imidazole rings is 1. The lowest BCUT2D eigenvalue weighted by molar-refractivity contribution is 0.196. The highest BCUT2D eigenvalue weighted by Gasteiger charge is 2.13. The van der Waals surface area contributed by atoms with Gasteiger partial charge in [-0.25, -0.2) is 9.59 Å². The summed E-state index contributed by atoms with van der Waals surface area (Å²) in [6.45, 7) is 2.11. The summed E-state index contributed by atoms with van der Waals surface area (Å²) >= 11 is 0. The van der Waals surface area contributed by atoms with Gasteiger partial charge in [0.15, 0.2) is 0 Å². The standard InChI is InChI=1S/C19H23N5O2/c20-10-12-23(14-15-6-2-1-3-7-15)18(25)21-11-13-24-17-9-5-4-8-16(17)22-19(24)26/h1-9H,10-14,20H2,(H,21,25)(H,22,26). The second-order valence-electron chi connectivity index (χ2n) is 6.03. The van der Waals surface area contributed by atoms with Crippen LogP contribution in [-0.4, -0.2) is 40.1 Å². The first-order valence-corrected chi connectivity index (χ1v) is 8.63. The zero-order chi connectivity index (χ0) is 18.4. The third-order valence-corrected chi connectivity index (χ3v) is 4.20. The minimum atomic E-state index is -0.188. The van der Waals surface area contributed by atoms with Crippen molar-refractivity contribution >= 4 is 17.1 Å². The summed E-state index contributed by atoms with van der Waals surface area (Å²) in [5, 5.41) is 2.88. The number of para-hydroxylation sites is 2. The number of urea groups is 1. The average Bonchev–Trinajstić information content (AvgIpc) is 2.97. The number of benzene rings is 2. The number of nitrogens with zero attached hydrogens (tertiary/aromatic N) is 2. The lowest BCUT2D eigenvalue weighted by Crippen LogP contribution is -2.43. The zero-order valence-electron chi connectivity index (χ0n) is 14.5. The molecule has 3 aromatic rings. The minimum absolute atomic E-state index is 0.177. The van der Waals surface area contributed by atoms with Crippen LogP contribution in [0, 0.1) is 0 Å². The third kappa shape index (κ3) is 4.12. The molecule has 0 unspecified atom stereocenters. The molecule has 0 bridgehead atoms. The predicted octanol–water partition coefficient (Wildman–Crippen LogP) is 1.50. The molecule has 0 aliphatic rings. The number of nitrogens with one attached hydrogen (secondary N) is 2. The van der Waals surface area contributed by atoms with E-state index in [1.165, 1.54) is 0 Å². The Kier molecular flexibility index (Phi) is 5.70. The Morgan fingerprint density at radius 3 is 2.62 bits per heavy atom. The minimum Gasteiger partial charge on any atom is -0.336 e. The predicted molar refractivity (Wildman–Crippen MR) is 102 cm³/mol. The van der Waals surface area contributed by atoms with E-state index in [-0.39, 0.29) is 11.7 Å². The molecule has 0 radical (unpaired) electrons. The molecule has 4 N–H and O–H groups in total. The number of H-pyrrole nitrogens is 1. The Labute approximate surface area is 151 Å². The van der Waals surface area contributed by atoms with Gasteiger partial charge in [-0.05, 0) is 17.7 Å². The van der Waals surface area contributed by atoms with E-state index in [0.717, 1.165) is 16.6 Å². The highest BCUT2D eigenvalue weighted by Crippen LogP contribution is 2.08. The SMILES string of the molecule is NCCN(Cc1ccccc1)C(=O)NCCn1c(=O)[nH]c2ccccc21. The topological polar surface area (TPSA) is 96.2 Å². The Hall–Kier alpha value is -3.06. The molecule has 0 aliphatic heterocycles. The number of hydrogen-bond donors (Lipinski definition) is 3. The first-order valence-electron chi connectivity index (χ1n) is 8.63. The summed E-state index contributed by atoms with van der Waals surface area (Å²) < 4.78 is 1.63. The van der Waals surface area contributed by atoms with Gasteiger partial charge < -0.3 is 20.9 Å². The number of aromatic amines is 1. The molecule has 136 valence electrons. The third-order valence-electron chi connectivity index (χ3n) is 4.20. The summed E-state index contributed by atoms with van der Waals surface area (Å²) in [6, 6.07) is 17.1. The number of rotatable bonds is 7. The molecular weight excluding hydrogens is 330 g/mol. The number of carbonyl (C=O) groups is 1. The van der Waals surface area contributed by atoms with Crippen LogP contribution < -0.4 is 16.7 Å². The molecule has 3 rings (SSSR count). The molecule has 26 heavy (non-hydrogen) atoms. The van der Waals surface area contributed by atoms with Crippen LogP contribution in [0.4, 0.5) is 4.79 Å². The van der Waals surface area contributed by atoms with E-state index in [1.54, 1.807) is 9.47 Å². The fraction of sp³-hybridized carbons (Fsp3) is 0.263. The van der Waals surface area contributed by atoms with Crippen molar-refractivity contribution < 1.29 is 4.79 Å². The second kappa shape index (κ2) is 8.35. The van der Waals surface area contributed by atoms with E-state index in [1.807, 2.05) is 54.6 Å². The van der Waals surface area contributed by atoms with Gasteiger partial charge in [0, 0.05) is 32.7 Å². The number of fused-ring (bicyclic) bond motifs is 1. The smallest absolute Gasteiger partial charge is 0.326 e. The van der Waals surface area contributed by atoms with Crippen molar-refractivity contribution in [2.45, 2.75) is 13.1 Å². The summed E-state index contributed by atoms with van der Waals surface area (Å²) in [5.41, 5.74) is 8.12. The van der Waals surface area contributed by atoms with E-state index in [4.69, 9.17) is 5.73 Å². The largest absolute Gasteiger partial charge is 0.336 e. The van der Waals surface area contributed by atoms with Gasteiger partial charge in [0.25, 0.3) is 0 Å². The van der Waals surface area contributed by atoms with Gasteiger partial charge in [-0.3, -0.25) is 4.57 Å². The summed E-state index contributed by atoms with van der Waals surface area (Å²) in [5.74, 6) is 0. The van der Waals surface area contributed by atoms with E-state index in [9.17, 15) is 9.59 Å². The first kappa shape index (κ1) is 17.8. The maximum absolute atomic E-state index is 12.5. The summed E-state index contributed by atoms with van der Waals surface area (Å²) in [6.07, 6.45) is 0. The van der Waals surface area contributed by atoms with Gasteiger partial charge in [0.1, 0.15) is 0 Å². The van der Waals surface area contributed by atoms with Crippen LogP contribution in [-0.2, 0) is 13.1 Å². The van der Waals surface area contributed by atoms with E-state index < -0.39 is 0 Å². The molecule has 7 heteroatoms. The van der Waals surface area contributed by atoms with Crippen molar-refractivity contribution in [3.05, 3.63) is 70.6 Å². The quantitative estimate of drug-likeness (QED) is 0.600. The molecular formula is C19H23N5O2. The van der Waals surface area contributed by atoms with Crippen molar-refractivity contribution in [1.29, 1.82) is 0 Å². The summed E-state index contributed by atoms with van der Waals surface area (Å²) in [7, 11) is 0. The van der Waals surface area contributed by atoms with E-state index in [2.05, 4.69) is 10.3 Å². The van der Waals surface area contributed by atoms with Crippen molar-refractivity contribution in [3.8, 4) is 0 Å². The van der Waals surface area contributed by atoms with Gasteiger partial charge in [0.05, 0.1) is 11.0 Å². The Bertz CT molecular complexity index is 916. The molecule has 0 saturated heterocycles. The maximum atomic E-state index is 12.5. The molecule has 1 aromatic heterocycles. The molecule has 2 amide bonds. The summed E-state index contributed by atoms with van der Waals surface area (Å²) in [4.78, 5) is 29.0. The Morgan fingerprint density at radius 2 is 1.85 bits per heavy atom. The molecule has 0 aliphatic carbocycles. The fourth-order valence-electron chi connectivity index (χ4n) is 2.93. The van der Waals surface area contributed by atoms with Crippen molar-refractivity contribution in [1.82, 2.24) is 19.8 Å². The highest BCUT2D eigenvalue weighted by molar-refractivity contribution is 5.75.